The van der Waals surface area contributed by atoms with Crippen LogP contribution in [-0.2, 0) is 52.0 Å². The van der Waals surface area contributed by atoms with Gasteiger partial charge in [0.1, 0.15) is 0 Å². The minimum Gasteiger partial charge on any atom is -1.00 e. The maximum absolute atomic E-state index is 3.30. The van der Waals surface area contributed by atoms with Crippen molar-refractivity contribution >= 4 is 0 Å². The molecular weight excluding hydrogens is 844 g/mol. The zero-order chi connectivity index (χ0) is 26.1. The van der Waals surface area contributed by atoms with E-state index in [-0.39, 0.29) is 102 Å². The summed E-state index contributed by atoms with van der Waals surface area (Å²) in [5.74, 6) is 0. The maximum atomic E-state index is 3.30. The van der Waals surface area contributed by atoms with E-state index in [9.17, 15) is 0 Å². The first-order valence-electron chi connectivity index (χ1n) is 14.8. The van der Waals surface area contributed by atoms with Crippen molar-refractivity contribution in [3.05, 3.63) is 95.2 Å². The standard InChI is InChI=1S/4C9H13.4ClH.Hf.Zr/c4*1-2-3-6-9-7-4-5-8-9;;;;;;/h4*4,7H,2-3,5-6H2,1H3;4*1H;;/q4*-1;;;;;2*+4/p-4. The molecule has 0 aliphatic heterocycles. The van der Waals surface area contributed by atoms with Crippen molar-refractivity contribution in [2.75, 3.05) is 0 Å². The molecule has 0 spiro atoms. The number of unbranched alkanes of at least 4 members (excludes halogenated alkanes) is 4. The van der Waals surface area contributed by atoms with E-state index in [4.69, 9.17) is 0 Å². The van der Waals surface area contributed by atoms with Gasteiger partial charge >= 0.3 is 52.0 Å². The normalized spacial score (nSPS) is 14.0. The van der Waals surface area contributed by atoms with E-state index in [1.165, 1.54) is 99.3 Å². The largest absolute Gasteiger partial charge is 4.00 e. The minimum absolute atomic E-state index is 0. The molecule has 0 aromatic heterocycles. The third-order valence-corrected chi connectivity index (χ3v) is 6.26. The van der Waals surface area contributed by atoms with Crippen LogP contribution in [0.15, 0.2) is 70.9 Å². The molecule has 0 heterocycles. The maximum Gasteiger partial charge on any atom is 4.00 e. The summed E-state index contributed by atoms with van der Waals surface area (Å²) in [5.41, 5.74) is 5.66. The van der Waals surface area contributed by atoms with Crippen LogP contribution in [0.5, 0.6) is 0 Å². The first kappa shape index (κ1) is 55.3. The number of halogens is 4. The van der Waals surface area contributed by atoms with Crippen molar-refractivity contribution in [3.63, 3.8) is 0 Å². The molecule has 0 aromatic carbocycles. The van der Waals surface area contributed by atoms with Gasteiger partial charge in [0.05, 0.1) is 0 Å². The SMILES string of the molecule is CCCCC1=[C-]CC=C1.CCCCC1=[C-]CC=C1.CCCCC1=[C-]CC=C1.CCCCC1=[C-]CC=C1.[Cl-].[Cl-].[Cl-].[Cl-].[Hf+4].[Zr+4]. The summed E-state index contributed by atoms with van der Waals surface area (Å²) >= 11 is 0. The van der Waals surface area contributed by atoms with Crippen LogP contribution in [-0.4, -0.2) is 0 Å². The zero-order valence-electron chi connectivity index (χ0n) is 26.4. The molecule has 0 fully saturated rings. The summed E-state index contributed by atoms with van der Waals surface area (Å²) in [7, 11) is 0. The van der Waals surface area contributed by atoms with E-state index < -0.39 is 0 Å². The smallest absolute Gasteiger partial charge is 1.00 e. The van der Waals surface area contributed by atoms with E-state index in [2.05, 4.69) is 101 Å². The van der Waals surface area contributed by atoms with Gasteiger partial charge in [-0.15, -0.1) is 25.7 Å². The molecule has 0 saturated heterocycles. The molecule has 6 heteroatoms. The number of hydrogen-bond donors (Lipinski definition) is 0. The van der Waals surface area contributed by atoms with E-state index in [0.29, 0.717) is 0 Å². The second kappa shape index (κ2) is 41.8. The second-order valence-electron chi connectivity index (χ2n) is 9.65. The molecule has 0 unspecified atom stereocenters. The summed E-state index contributed by atoms with van der Waals surface area (Å²) in [6, 6.07) is 0. The number of hydrogen-bond acceptors (Lipinski definition) is 0. The molecule has 4 aliphatic carbocycles. The fourth-order valence-electron chi connectivity index (χ4n) is 3.96. The fourth-order valence-corrected chi connectivity index (χ4v) is 3.96. The van der Waals surface area contributed by atoms with Gasteiger partial charge in [0, 0.05) is 0 Å². The van der Waals surface area contributed by atoms with Gasteiger partial charge < -0.3 is 49.6 Å². The fraction of sp³-hybridized carbons (Fsp3) is 0.556. The van der Waals surface area contributed by atoms with Gasteiger partial charge in [-0.05, 0) is 0 Å². The minimum atomic E-state index is 0. The van der Waals surface area contributed by atoms with Gasteiger partial charge in [-0.1, -0.05) is 105 Å². The molecular formula is C36H52Cl4HfZr. The van der Waals surface area contributed by atoms with Gasteiger partial charge in [0.2, 0.25) is 0 Å². The summed E-state index contributed by atoms with van der Waals surface area (Å²) < 4.78 is 0. The summed E-state index contributed by atoms with van der Waals surface area (Å²) in [6.07, 6.45) is 50.1. The van der Waals surface area contributed by atoms with E-state index in [0.717, 1.165) is 25.7 Å². The van der Waals surface area contributed by atoms with Crippen LogP contribution < -0.4 is 49.6 Å². The van der Waals surface area contributed by atoms with Crippen LogP contribution in [0.2, 0.25) is 0 Å². The Hall–Kier alpha value is 0.833. The predicted molar refractivity (Wildman–Crippen MR) is 160 cm³/mol. The molecule has 0 radical (unpaired) electrons. The molecule has 232 valence electrons. The third-order valence-electron chi connectivity index (χ3n) is 6.26. The van der Waals surface area contributed by atoms with Gasteiger partial charge in [-0.25, -0.2) is 46.6 Å². The van der Waals surface area contributed by atoms with Gasteiger partial charge in [-0.2, -0.15) is 24.3 Å². The third kappa shape index (κ3) is 32.2. The van der Waals surface area contributed by atoms with E-state index in [1.54, 1.807) is 0 Å². The monoisotopic (exact) mass is 894 g/mol. The van der Waals surface area contributed by atoms with Gasteiger partial charge in [0.25, 0.3) is 0 Å². The predicted octanol–water partition coefficient (Wildman–Crippen LogP) is -0.525. The molecule has 0 bridgehead atoms. The molecule has 4 aliphatic rings. The molecule has 42 heavy (non-hydrogen) atoms. The second-order valence-corrected chi connectivity index (χ2v) is 9.65. The van der Waals surface area contributed by atoms with Gasteiger partial charge in [0.15, 0.2) is 0 Å². The van der Waals surface area contributed by atoms with Crippen LogP contribution in [0.4, 0.5) is 0 Å². The molecule has 0 aromatic rings. The summed E-state index contributed by atoms with van der Waals surface area (Å²) in [5, 5.41) is 0. The molecule has 0 nitrogen and oxygen atoms in total. The van der Waals surface area contributed by atoms with E-state index >= 15 is 0 Å². The van der Waals surface area contributed by atoms with Crippen molar-refractivity contribution < 1.29 is 102 Å². The Morgan fingerprint density at radius 2 is 0.619 bits per heavy atom. The molecule has 0 N–H and O–H groups in total. The quantitative estimate of drug-likeness (QED) is 0.183. The zero-order valence-corrected chi connectivity index (χ0v) is 35.5. The Morgan fingerprint density at radius 3 is 0.738 bits per heavy atom. The Kier molecular flexibility index (Phi) is 55.0. The van der Waals surface area contributed by atoms with Crippen LogP contribution in [0, 0.1) is 24.3 Å². The van der Waals surface area contributed by atoms with Crippen LogP contribution >= 0.6 is 0 Å². The van der Waals surface area contributed by atoms with E-state index in [1.807, 2.05) is 0 Å². The number of allylic oxidation sites excluding steroid dienone is 16. The van der Waals surface area contributed by atoms with Crippen LogP contribution in [0.25, 0.3) is 0 Å². The van der Waals surface area contributed by atoms with Crippen molar-refractivity contribution in [2.24, 2.45) is 0 Å². The number of rotatable bonds is 12. The summed E-state index contributed by atoms with van der Waals surface area (Å²) in [6.45, 7) is 8.89. The first-order valence-corrected chi connectivity index (χ1v) is 14.8. The molecule has 0 amide bonds. The average molecular weight is 896 g/mol. The van der Waals surface area contributed by atoms with Crippen LogP contribution in [0.1, 0.15) is 130 Å². The average Bonchev–Trinajstić information content (AvgIpc) is 3.74. The van der Waals surface area contributed by atoms with Crippen molar-refractivity contribution in [3.8, 4) is 0 Å². The first-order chi connectivity index (χ1) is 17.7. The Bertz CT molecular complexity index is 684. The van der Waals surface area contributed by atoms with Crippen molar-refractivity contribution in [1.29, 1.82) is 0 Å². The van der Waals surface area contributed by atoms with Crippen molar-refractivity contribution in [1.82, 2.24) is 0 Å². The molecule has 4 rings (SSSR count). The molecule has 0 saturated carbocycles. The Labute approximate surface area is 324 Å². The topological polar surface area (TPSA) is 0 Å². The van der Waals surface area contributed by atoms with Crippen LogP contribution in [0.3, 0.4) is 0 Å². The summed E-state index contributed by atoms with van der Waals surface area (Å²) in [4.78, 5) is 0. The Morgan fingerprint density at radius 1 is 0.429 bits per heavy atom. The Balaban J connectivity index is -0.0000000982. The van der Waals surface area contributed by atoms with Crippen molar-refractivity contribution in [2.45, 2.75) is 130 Å². The molecule has 0 atom stereocenters. The van der Waals surface area contributed by atoms with Gasteiger partial charge in [-0.3, -0.25) is 24.3 Å².